The van der Waals surface area contributed by atoms with Crippen LogP contribution in [0.25, 0.3) is 0 Å². The Hall–Kier alpha value is -3.20. The first-order chi connectivity index (χ1) is 14.0. The van der Waals surface area contributed by atoms with Gasteiger partial charge in [-0.2, -0.15) is 0 Å². The predicted octanol–water partition coefficient (Wildman–Crippen LogP) is 3.77. The second-order valence-corrected chi connectivity index (χ2v) is 8.55. The summed E-state index contributed by atoms with van der Waals surface area (Å²) in [6, 6.07) is 9.51. The molecule has 0 unspecified atom stereocenters. The zero-order valence-corrected chi connectivity index (χ0v) is 18.1. The molecule has 0 radical (unpaired) electrons. The van der Waals surface area contributed by atoms with E-state index in [2.05, 4.69) is 10.6 Å². The van der Waals surface area contributed by atoms with Gasteiger partial charge in [-0.05, 0) is 51.1 Å². The normalized spacial score (nSPS) is 10.8. The van der Waals surface area contributed by atoms with E-state index in [0.717, 1.165) is 4.88 Å². The van der Waals surface area contributed by atoms with Crippen LogP contribution in [0.15, 0.2) is 36.4 Å². The van der Waals surface area contributed by atoms with Crippen LogP contribution in [0.5, 0.6) is 0 Å². The molecule has 0 aliphatic carbocycles. The van der Waals surface area contributed by atoms with Gasteiger partial charge in [0, 0.05) is 17.5 Å². The Morgan fingerprint density at radius 3 is 2.47 bits per heavy atom. The first-order valence-corrected chi connectivity index (χ1v) is 9.99. The van der Waals surface area contributed by atoms with Gasteiger partial charge >= 0.3 is 12.1 Å². The average molecular weight is 432 g/mol. The quantitative estimate of drug-likeness (QED) is 0.509. The number of thiophene rings is 1. The number of benzene rings is 1. The van der Waals surface area contributed by atoms with E-state index in [-0.39, 0.29) is 17.3 Å². The molecule has 30 heavy (non-hydrogen) atoms. The number of carbonyl (C=O) groups excluding carboxylic acids is 4. The van der Waals surface area contributed by atoms with Crippen molar-refractivity contribution in [2.45, 2.75) is 39.8 Å². The largest absolute Gasteiger partial charge is 0.454 e. The number of hydrogen-bond donors (Lipinski definition) is 2. The second kappa shape index (κ2) is 10.0. The van der Waals surface area contributed by atoms with Crippen molar-refractivity contribution in [2.75, 3.05) is 11.9 Å². The van der Waals surface area contributed by atoms with Gasteiger partial charge in [0.1, 0.15) is 5.60 Å². The van der Waals surface area contributed by atoms with Gasteiger partial charge in [-0.25, -0.2) is 9.59 Å². The summed E-state index contributed by atoms with van der Waals surface area (Å²) in [5.74, 6) is -1.19. The summed E-state index contributed by atoms with van der Waals surface area (Å²) < 4.78 is 10.3. The van der Waals surface area contributed by atoms with Crippen molar-refractivity contribution in [3.05, 3.63) is 51.7 Å². The Balaban J connectivity index is 1.91. The SMILES string of the molecule is CC(=O)NCc1ccc(C(=O)COC(=O)c2cccc(NC(=O)OC(C)(C)C)c2)s1. The molecule has 160 valence electrons. The highest BCUT2D eigenvalue weighted by Gasteiger charge is 2.17. The van der Waals surface area contributed by atoms with Gasteiger partial charge in [-0.15, -0.1) is 11.3 Å². The highest BCUT2D eigenvalue weighted by Crippen LogP contribution is 2.18. The van der Waals surface area contributed by atoms with E-state index in [4.69, 9.17) is 9.47 Å². The Bertz CT molecular complexity index is 945. The fourth-order valence-corrected chi connectivity index (χ4v) is 3.14. The monoisotopic (exact) mass is 432 g/mol. The van der Waals surface area contributed by atoms with Crippen LogP contribution in [0, 0.1) is 0 Å². The standard InChI is InChI=1S/C21H24N2O6S/c1-13(24)22-11-16-8-9-18(30-16)17(25)12-28-19(26)14-6-5-7-15(10-14)23-20(27)29-21(2,3)4/h5-10H,11-12H2,1-4H3,(H,22,24)(H,23,27). The molecule has 2 rings (SSSR count). The summed E-state index contributed by atoms with van der Waals surface area (Å²) >= 11 is 1.23. The number of ketones is 1. The molecule has 2 aromatic rings. The van der Waals surface area contributed by atoms with E-state index in [1.807, 2.05) is 0 Å². The van der Waals surface area contributed by atoms with Gasteiger partial charge in [0.2, 0.25) is 11.7 Å². The van der Waals surface area contributed by atoms with Gasteiger partial charge < -0.3 is 14.8 Å². The first-order valence-electron chi connectivity index (χ1n) is 9.17. The van der Waals surface area contributed by atoms with Crippen molar-refractivity contribution in [3.8, 4) is 0 Å². The molecule has 0 fully saturated rings. The summed E-state index contributed by atoms with van der Waals surface area (Å²) in [5, 5.41) is 5.20. The third-order valence-corrected chi connectivity index (χ3v) is 4.65. The van der Waals surface area contributed by atoms with Gasteiger partial charge in [-0.3, -0.25) is 14.9 Å². The molecular weight excluding hydrogens is 408 g/mol. The molecular formula is C21H24N2O6S. The lowest BCUT2D eigenvalue weighted by Crippen LogP contribution is -2.27. The van der Waals surface area contributed by atoms with Crippen LogP contribution in [0.1, 0.15) is 52.6 Å². The molecule has 1 aromatic heterocycles. The lowest BCUT2D eigenvalue weighted by Gasteiger charge is -2.19. The van der Waals surface area contributed by atoms with E-state index in [0.29, 0.717) is 17.1 Å². The minimum absolute atomic E-state index is 0.159. The third-order valence-electron chi connectivity index (χ3n) is 3.53. The van der Waals surface area contributed by atoms with Crippen LogP contribution in [-0.4, -0.2) is 36.0 Å². The van der Waals surface area contributed by atoms with Gasteiger partial charge in [0.05, 0.1) is 17.0 Å². The number of Topliss-reactive ketones (excluding diaryl/α,β-unsaturated/α-hetero) is 1. The predicted molar refractivity (Wildman–Crippen MR) is 113 cm³/mol. The minimum atomic E-state index is -0.689. The van der Waals surface area contributed by atoms with Crippen LogP contribution < -0.4 is 10.6 Å². The van der Waals surface area contributed by atoms with Crippen LogP contribution >= 0.6 is 11.3 Å². The molecule has 0 spiro atoms. The number of amides is 2. The molecule has 0 atom stereocenters. The molecule has 0 aliphatic rings. The van der Waals surface area contributed by atoms with Crippen LogP contribution in [0.3, 0.4) is 0 Å². The Morgan fingerprint density at radius 2 is 1.80 bits per heavy atom. The number of nitrogens with one attached hydrogen (secondary N) is 2. The summed E-state index contributed by atoms with van der Waals surface area (Å²) in [6.45, 7) is 6.57. The van der Waals surface area contributed by atoms with Crippen molar-refractivity contribution in [2.24, 2.45) is 0 Å². The number of esters is 1. The molecule has 0 saturated carbocycles. The topological polar surface area (TPSA) is 111 Å². The molecule has 8 nitrogen and oxygen atoms in total. The third kappa shape index (κ3) is 7.67. The van der Waals surface area contributed by atoms with Crippen LogP contribution in [0.4, 0.5) is 10.5 Å². The molecule has 1 heterocycles. The first kappa shape index (κ1) is 23.1. The van der Waals surface area contributed by atoms with E-state index in [1.54, 1.807) is 45.0 Å². The maximum absolute atomic E-state index is 12.3. The zero-order valence-electron chi connectivity index (χ0n) is 17.2. The smallest absolute Gasteiger partial charge is 0.412 e. The molecule has 2 amide bonds. The lowest BCUT2D eigenvalue weighted by molar-refractivity contribution is -0.119. The molecule has 0 saturated heterocycles. The van der Waals surface area contributed by atoms with Crippen molar-refractivity contribution in [3.63, 3.8) is 0 Å². The number of hydrogen-bond acceptors (Lipinski definition) is 7. The van der Waals surface area contributed by atoms with Gasteiger partial charge in [-0.1, -0.05) is 6.07 Å². The Morgan fingerprint density at radius 1 is 1.07 bits per heavy atom. The van der Waals surface area contributed by atoms with Gasteiger partial charge in [0.15, 0.2) is 6.61 Å². The van der Waals surface area contributed by atoms with Crippen molar-refractivity contribution in [1.29, 1.82) is 0 Å². The van der Waals surface area contributed by atoms with E-state index in [1.165, 1.54) is 30.4 Å². The highest BCUT2D eigenvalue weighted by atomic mass is 32.1. The van der Waals surface area contributed by atoms with Crippen LogP contribution in [0.2, 0.25) is 0 Å². The van der Waals surface area contributed by atoms with E-state index in [9.17, 15) is 19.2 Å². The average Bonchev–Trinajstić information content (AvgIpc) is 3.12. The number of carbonyl (C=O) groups is 4. The molecule has 0 aliphatic heterocycles. The fraction of sp³-hybridized carbons (Fsp3) is 0.333. The highest BCUT2D eigenvalue weighted by molar-refractivity contribution is 7.14. The number of rotatable bonds is 7. The maximum Gasteiger partial charge on any atom is 0.412 e. The molecule has 0 bridgehead atoms. The van der Waals surface area contributed by atoms with Crippen molar-refractivity contribution in [1.82, 2.24) is 5.32 Å². The lowest BCUT2D eigenvalue weighted by atomic mass is 10.2. The number of anilines is 1. The summed E-state index contributed by atoms with van der Waals surface area (Å²) in [7, 11) is 0. The molecule has 9 heteroatoms. The van der Waals surface area contributed by atoms with E-state index < -0.39 is 24.3 Å². The summed E-state index contributed by atoms with van der Waals surface area (Å²) in [6.07, 6.45) is -0.643. The van der Waals surface area contributed by atoms with Crippen LogP contribution in [-0.2, 0) is 20.8 Å². The fourth-order valence-electron chi connectivity index (χ4n) is 2.27. The number of ether oxygens (including phenoxy) is 2. The summed E-state index contributed by atoms with van der Waals surface area (Å²) in [4.78, 5) is 48.6. The second-order valence-electron chi connectivity index (χ2n) is 7.38. The molecule has 1 aromatic carbocycles. The van der Waals surface area contributed by atoms with Crippen molar-refractivity contribution >= 4 is 40.8 Å². The minimum Gasteiger partial charge on any atom is -0.454 e. The summed E-state index contributed by atoms with van der Waals surface area (Å²) in [5.41, 5.74) is -0.0927. The Kier molecular flexibility index (Phi) is 7.71. The van der Waals surface area contributed by atoms with Crippen molar-refractivity contribution < 1.29 is 28.7 Å². The zero-order chi connectivity index (χ0) is 22.3. The Labute approximate surface area is 178 Å². The van der Waals surface area contributed by atoms with E-state index >= 15 is 0 Å². The maximum atomic E-state index is 12.3. The molecule has 2 N–H and O–H groups in total. The van der Waals surface area contributed by atoms with Gasteiger partial charge in [0.25, 0.3) is 0 Å².